The number of halogens is 1. The standard InChI is InChI=1S/C24H24FN3O3/c1-4-23(30)28(2)21-11-8-17(14-19(21)25)20-10-7-18(15-27-20)22(29)12-9-16-6-5-13-26-24(16)31-3/h5-8,10-11,13-15H,4,9,12H2,1-3H3. The minimum Gasteiger partial charge on any atom is -0.481 e. The van der Waals surface area contributed by atoms with Crippen LogP contribution in [0.1, 0.15) is 35.7 Å². The molecule has 0 fully saturated rings. The van der Waals surface area contributed by atoms with Gasteiger partial charge in [0.05, 0.1) is 18.5 Å². The Morgan fingerprint density at radius 3 is 2.58 bits per heavy atom. The van der Waals surface area contributed by atoms with Crippen LogP contribution in [0.2, 0.25) is 0 Å². The molecule has 0 radical (unpaired) electrons. The molecule has 0 aliphatic carbocycles. The lowest BCUT2D eigenvalue weighted by atomic mass is 10.0. The zero-order chi connectivity index (χ0) is 22.4. The number of ether oxygens (including phenoxy) is 1. The minimum absolute atomic E-state index is 0.0498. The number of nitrogens with zero attached hydrogens (tertiary/aromatic N) is 3. The van der Waals surface area contributed by atoms with Crippen LogP contribution in [0.3, 0.4) is 0 Å². The lowest BCUT2D eigenvalue weighted by Gasteiger charge is -2.17. The Bertz CT molecular complexity index is 1080. The van der Waals surface area contributed by atoms with E-state index in [-0.39, 0.29) is 17.4 Å². The number of anilines is 1. The van der Waals surface area contributed by atoms with E-state index in [1.54, 1.807) is 57.6 Å². The van der Waals surface area contributed by atoms with Crippen molar-refractivity contribution in [3.63, 3.8) is 0 Å². The maximum atomic E-state index is 14.5. The first-order chi connectivity index (χ1) is 14.9. The van der Waals surface area contributed by atoms with E-state index >= 15 is 0 Å². The molecule has 2 aromatic heterocycles. The average molecular weight is 421 g/mol. The number of rotatable bonds is 8. The first kappa shape index (κ1) is 22.1. The second kappa shape index (κ2) is 9.93. The van der Waals surface area contributed by atoms with Gasteiger partial charge in [0.1, 0.15) is 5.82 Å². The van der Waals surface area contributed by atoms with Crippen molar-refractivity contribution in [2.75, 3.05) is 19.1 Å². The fraction of sp³-hybridized carbons (Fsp3) is 0.250. The third-order valence-corrected chi connectivity index (χ3v) is 5.03. The van der Waals surface area contributed by atoms with Crippen molar-refractivity contribution >= 4 is 17.4 Å². The van der Waals surface area contributed by atoms with Crippen LogP contribution >= 0.6 is 0 Å². The van der Waals surface area contributed by atoms with Crippen LogP contribution in [-0.4, -0.2) is 35.8 Å². The summed E-state index contributed by atoms with van der Waals surface area (Å²) in [5, 5.41) is 0. The van der Waals surface area contributed by atoms with E-state index < -0.39 is 5.82 Å². The van der Waals surface area contributed by atoms with E-state index in [0.717, 1.165) is 5.56 Å². The van der Waals surface area contributed by atoms with Crippen LogP contribution < -0.4 is 9.64 Å². The van der Waals surface area contributed by atoms with Gasteiger partial charge >= 0.3 is 0 Å². The first-order valence-electron chi connectivity index (χ1n) is 9.98. The van der Waals surface area contributed by atoms with Gasteiger partial charge in [-0.15, -0.1) is 0 Å². The lowest BCUT2D eigenvalue weighted by Crippen LogP contribution is -2.25. The third-order valence-electron chi connectivity index (χ3n) is 5.03. The number of benzene rings is 1. The fourth-order valence-corrected chi connectivity index (χ4v) is 3.23. The van der Waals surface area contributed by atoms with Gasteiger partial charge < -0.3 is 9.64 Å². The van der Waals surface area contributed by atoms with E-state index in [4.69, 9.17) is 4.74 Å². The zero-order valence-electron chi connectivity index (χ0n) is 17.8. The molecule has 3 rings (SSSR count). The molecule has 0 bridgehead atoms. The molecule has 1 aromatic carbocycles. The van der Waals surface area contributed by atoms with Crippen LogP contribution in [-0.2, 0) is 11.2 Å². The number of carbonyl (C=O) groups is 2. The molecule has 0 saturated carbocycles. The lowest BCUT2D eigenvalue weighted by molar-refractivity contribution is -0.118. The van der Waals surface area contributed by atoms with Gasteiger partial charge in [0, 0.05) is 49.0 Å². The van der Waals surface area contributed by atoms with Crippen molar-refractivity contribution in [2.45, 2.75) is 26.2 Å². The van der Waals surface area contributed by atoms with E-state index in [1.807, 2.05) is 6.07 Å². The number of hydrogen-bond donors (Lipinski definition) is 0. The van der Waals surface area contributed by atoms with Gasteiger partial charge in [0.15, 0.2) is 5.78 Å². The number of pyridine rings is 2. The largest absolute Gasteiger partial charge is 0.481 e. The Hall–Kier alpha value is -3.61. The van der Waals surface area contributed by atoms with Gasteiger partial charge in [0.25, 0.3) is 0 Å². The Balaban J connectivity index is 1.70. The number of methoxy groups -OCH3 is 1. The number of carbonyl (C=O) groups excluding carboxylic acids is 2. The molecular formula is C24H24FN3O3. The number of aryl methyl sites for hydroxylation is 1. The van der Waals surface area contributed by atoms with Crippen molar-refractivity contribution in [2.24, 2.45) is 0 Å². The average Bonchev–Trinajstić information content (AvgIpc) is 2.81. The molecule has 1 amide bonds. The van der Waals surface area contributed by atoms with Crippen LogP contribution in [0.15, 0.2) is 54.9 Å². The first-order valence-corrected chi connectivity index (χ1v) is 9.98. The van der Waals surface area contributed by atoms with E-state index in [1.165, 1.54) is 17.2 Å². The zero-order valence-corrected chi connectivity index (χ0v) is 17.8. The van der Waals surface area contributed by atoms with Crippen LogP contribution in [0.5, 0.6) is 5.88 Å². The van der Waals surface area contributed by atoms with Crippen molar-refractivity contribution in [1.29, 1.82) is 0 Å². The molecule has 31 heavy (non-hydrogen) atoms. The third kappa shape index (κ3) is 5.12. The summed E-state index contributed by atoms with van der Waals surface area (Å²) in [5.74, 6) is -0.211. The topological polar surface area (TPSA) is 72.4 Å². The highest BCUT2D eigenvalue weighted by atomic mass is 19.1. The normalized spacial score (nSPS) is 10.6. The molecule has 2 heterocycles. The molecule has 3 aromatic rings. The predicted octanol–water partition coefficient (Wildman–Crippen LogP) is 4.48. The van der Waals surface area contributed by atoms with Crippen molar-refractivity contribution in [3.05, 3.63) is 71.8 Å². The Morgan fingerprint density at radius 1 is 1.13 bits per heavy atom. The molecule has 0 saturated heterocycles. The van der Waals surface area contributed by atoms with E-state index in [0.29, 0.717) is 42.0 Å². The minimum atomic E-state index is -0.505. The molecule has 0 N–H and O–H groups in total. The van der Waals surface area contributed by atoms with E-state index in [2.05, 4.69) is 9.97 Å². The van der Waals surface area contributed by atoms with Crippen LogP contribution in [0.25, 0.3) is 11.3 Å². The van der Waals surface area contributed by atoms with Crippen LogP contribution in [0, 0.1) is 5.82 Å². The molecule has 0 spiro atoms. The fourth-order valence-electron chi connectivity index (χ4n) is 3.23. The summed E-state index contributed by atoms with van der Waals surface area (Å²) in [4.78, 5) is 34.1. The molecule has 0 aliphatic heterocycles. The van der Waals surface area contributed by atoms with Gasteiger partial charge in [0.2, 0.25) is 11.8 Å². The Labute approximate surface area is 180 Å². The molecule has 6 nitrogen and oxygen atoms in total. The SMILES string of the molecule is CCC(=O)N(C)c1ccc(-c2ccc(C(=O)CCc3cccnc3OC)cn2)cc1F. The summed E-state index contributed by atoms with van der Waals surface area (Å²) >= 11 is 0. The number of ketones is 1. The Morgan fingerprint density at radius 2 is 1.94 bits per heavy atom. The number of Topliss-reactive ketones (excluding diaryl/α,β-unsaturated/α-hetero) is 1. The highest BCUT2D eigenvalue weighted by Gasteiger charge is 2.15. The number of aromatic nitrogens is 2. The summed E-state index contributed by atoms with van der Waals surface area (Å²) in [6.45, 7) is 1.73. The summed E-state index contributed by atoms with van der Waals surface area (Å²) in [6.07, 6.45) is 4.24. The monoisotopic (exact) mass is 421 g/mol. The summed E-state index contributed by atoms with van der Waals surface area (Å²) in [7, 11) is 3.09. The molecule has 7 heteroatoms. The van der Waals surface area contributed by atoms with Crippen LogP contribution in [0.4, 0.5) is 10.1 Å². The van der Waals surface area contributed by atoms with Gasteiger partial charge in [-0.25, -0.2) is 9.37 Å². The quantitative estimate of drug-likeness (QED) is 0.502. The van der Waals surface area contributed by atoms with E-state index in [9.17, 15) is 14.0 Å². The Kier molecular flexibility index (Phi) is 7.07. The predicted molar refractivity (Wildman–Crippen MR) is 117 cm³/mol. The molecule has 160 valence electrons. The summed E-state index contributed by atoms with van der Waals surface area (Å²) in [6, 6.07) is 11.7. The van der Waals surface area contributed by atoms with Gasteiger partial charge in [-0.2, -0.15) is 0 Å². The summed E-state index contributed by atoms with van der Waals surface area (Å²) < 4.78 is 19.7. The molecule has 0 unspecified atom stereocenters. The highest BCUT2D eigenvalue weighted by Crippen LogP contribution is 2.26. The summed E-state index contributed by atoms with van der Waals surface area (Å²) in [5.41, 5.74) is 2.67. The van der Waals surface area contributed by atoms with Gasteiger partial charge in [-0.3, -0.25) is 14.6 Å². The van der Waals surface area contributed by atoms with Crippen molar-refractivity contribution in [3.8, 4) is 17.1 Å². The maximum Gasteiger partial charge on any atom is 0.226 e. The number of hydrogen-bond acceptors (Lipinski definition) is 5. The van der Waals surface area contributed by atoms with Gasteiger partial charge in [-0.05, 0) is 36.8 Å². The molecule has 0 aliphatic rings. The smallest absolute Gasteiger partial charge is 0.226 e. The van der Waals surface area contributed by atoms with Crippen molar-refractivity contribution in [1.82, 2.24) is 9.97 Å². The van der Waals surface area contributed by atoms with Crippen molar-refractivity contribution < 1.29 is 18.7 Å². The van der Waals surface area contributed by atoms with Gasteiger partial charge in [-0.1, -0.05) is 19.1 Å². The number of amides is 1. The maximum absolute atomic E-state index is 14.5. The highest BCUT2D eigenvalue weighted by molar-refractivity contribution is 5.96. The second-order valence-electron chi connectivity index (χ2n) is 7.00. The second-order valence-corrected chi connectivity index (χ2v) is 7.00. The molecular weight excluding hydrogens is 397 g/mol. The molecule has 0 atom stereocenters.